The van der Waals surface area contributed by atoms with Gasteiger partial charge in [-0.15, -0.1) is 11.8 Å². The van der Waals surface area contributed by atoms with Crippen LogP contribution in [0, 0.1) is 12.8 Å². The van der Waals surface area contributed by atoms with Gasteiger partial charge in [0.15, 0.2) is 0 Å². The van der Waals surface area contributed by atoms with Gasteiger partial charge in [0, 0.05) is 36.5 Å². The Kier molecular flexibility index (Phi) is 7.97. The van der Waals surface area contributed by atoms with Crippen LogP contribution >= 0.6 is 11.8 Å². The molecule has 0 bridgehead atoms. The van der Waals surface area contributed by atoms with E-state index in [1.54, 1.807) is 11.8 Å². The first-order valence-electron chi connectivity index (χ1n) is 13.1. The zero-order chi connectivity index (χ0) is 23.5. The average Bonchev–Trinajstić information content (AvgIpc) is 3.54. The van der Waals surface area contributed by atoms with Crippen LogP contribution in [0.4, 0.5) is 11.4 Å². The Labute approximate surface area is 208 Å². The number of likely N-dealkylation sites (tertiary alicyclic amines) is 1. The standard InChI is InChI=1S/C25H41N7OS/c1-16-5-6-19(29-24(33)23-15-28-17(2)34-23)12-22(16)31-25-27-8-7-21(30-25)18-11-20(14-26-13-18)32-9-3-4-10-32/h5-6,12,17-18,20-21,23,25-28,30-31H,3-4,7-11,13-15H2,1-2H3,(H,29,33). The van der Waals surface area contributed by atoms with Gasteiger partial charge in [-0.05, 0) is 89.3 Å². The Balaban J connectivity index is 1.18. The van der Waals surface area contributed by atoms with E-state index in [0.717, 1.165) is 44.0 Å². The second kappa shape index (κ2) is 11.1. The third kappa shape index (κ3) is 5.88. The monoisotopic (exact) mass is 487 g/mol. The topological polar surface area (TPSA) is 92.5 Å². The van der Waals surface area contributed by atoms with Crippen molar-refractivity contribution in [2.45, 2.75) is 68.5 Å². The molecular weight excluding hydrogens is 446 g/mol. The summed E-state index contributed by atoms with van der Waals surface area (Å²) in [6.07, 6.45) is 5.16. The zero-order valence-electron chi connectivity index (χ0n) is 20.5. The number of rotatable bonds is 6. The Morgan fingerprint density at radius 1 is 1.15 bits per heavy atom. The molecule has 4 heterocycles. The number of benzene rings is 1. The number of hydrogen-bond donors (Lipinski definition) is 6. The number of hydrogen-bond acceptors (Lipinski definition) is 8. The molecule has 6 N–H and O–H groups in total. The Hall–Kier alpha value is -1.36. The van der Waals surface area contributed by atoms with Gasteiger partial charge in [0.1, 0.15) is 6.29 Å². The molecule has 4 saturated heterocycles. The van der Waals surface area contributed by atoms with E-state index < -0.39 is 0 Å². The zero-order valence-corrected chi connectivity index (χ0v) is 21.3. The van der Waals surface area contributed by atoms with Gasteiger partial charge in [-0.2, -0.15) is 0 Å². The lowest BCUT2D eigenvalue weighted by molar-refractivity contribution is -0.115. The second-order valence-electron chi connectivity index (χ2n) is 10.3. The molecule has 0 aliphatic carbocycles. The molecule has 1 amide bonds. The molecule has 0 aromatic heterocycles. The lowest BCUT2D eigenvalue weighted by Crippen LogP contribution is -2.62. The van der Waals surface area contributed by atoms with Crippen LogP contribution in [0.3, 0.4) is 0 Å². The van der Waals surface area contributed by atoms with Gasteiger partial charge >= 0.3 is 0 Å². The van der Waals surface area contributed by atoms with Crippen molar-refractivity contribution in [3.05, 3.63) is 23.8 Å². The molecule has 0 saturated carbocycles. The molecule has 0 spiro atoms. The Bertz CT molecular complexity index is 849. The van der Waals surface area contributed by atoms with Crippen molar-refractivity contribution in [2.75, 3.05) is 49.9 Å². The maximum atomic E-state index is 12.7. The summed E-state index contributed by atoms with van der Waals surface area (Å²) in [5.41, 5.74) is 3.06. The van der Waals surface area contributed by atoms with E-state index in [1.165, 1.54) is 37.9 Å². The summed E-state index contributed by atoms with van der Waals surface area (Å²) in [7, 11) is 0. The highest BCUT2D eigenvalue weighted by molar-refractivity contribution is 8.01. The fraction of sp³-hybridized carbons (Fsp3) is 0.720. The fourth-order valence-corrected chi connectivity index (χ4v) is 6.91. The molecule has 1 aromatic rings. The van der Waals surface area contributed by atoms with Crippen LogP contribution in [0.15, 0.2) is 18.2 Å². The predicted molar refractivity (Wildman–Crippen MR) is 141 cm³/mol. The van der Waals surface area contributed by atoms with Crippen LogP contribution in [-0.2, 0) is 4.79 Å². The van der Waals surface area contributed by atoms with Crippen molar-refractivity contribution in [1.82, 2.24) is 26.2 Å². The summed E-state index contributed by atoms with van der Waals surface area (Å²) in [6.45, 7) is 10.7. The molecule has 5 rings (SSSR count). The van der Waals surface area contributed by atoms with Gasteiger partial charge in [-0.1, -0.05) is 6.07 Å². The average molecular weight is 488 g/mol. The maximum Gasteiger partial charge on any atom is 0.238 e. The molecule has 6 atom stereocenters. The molecule has 8 nitrogen and oxygen atoms in total. The van der Waals surface area contributed by atoms with Gasteiger partial charge < -0.3 is 21.3 Å². The molecular formula is C25H41N7OS. The lowest BCUT2D eigenvalue weighted by atomic mass is 9.86. The molecule has 6 unspecified atom stereocenters. The third-order valence-electron chi connectivity index (χ3n) is 7.83. The number of nitrogens with one attached hydrogen (secondary N) is 6. The van der Waals surface area contributed by atoms with Crippen LogP contribution in [0.1, 0.15) is 38.2 Å². The van der Waals surface area contributed by atoms with E-state index in [4.69, 9.17) is 0 Å². The van der Waals surface area contributed by atoms with E-state index >= 15 is 0 Å². The summed E-state index contributed by atoms with van der Waals surface area (Å²) >= 11 is 1.68. The van der Waals surface area contributed by atoms with E-state index in [-0.39, 0.29) is 17.4 Å². The number of amides is 1. The first-order valence-corrected chi connectivity index (χ1v) is 14.0. The van der Waals surface area contributed by atoms with Gasteiger partial charge in [-0.3, -0.25) is 20.3 Å². The number of carbonyl (C=O) groups excluding carboxylic acids is 1. The number of anilines is 2. The smallest absolute Gasteiger partial charge is 0.238 e. The van der Waals surface area contributed by atoms with Crippen molar-refractivity contribution < 1.29 is 4.79 Å². The van der Waals surface area contributed by atoms with Crippen LogP contribution in [0.25, 0.3) is 0 Å². The van der Waals surface area contributed by atoms with Gasteiger partial charge in [-0.25, -0.2) is 0 Å². The van der Waals surface area contributed by atoms with Crippen LogP contribution in [-0.4, -0.2) is 79.1 Å². The predicted octanol–water partition coefficient (Wildman–Crippen LogP) is 1.71. The normalized spacial score (nSPS) is 34.8. The number of thioether (sulfide) groups is 1. The third-order valence-corrected chi connectivity index (χ3v) is 9.11. The first kappa shape index (κ1) is 24.3. The SMILES string of the molecule is Cc1ccc(NC(=O)C2CNC(C)S2)cc1NC1NCCC(C2CNCC(N3CCCC3)C2)N1. The summed E-state index contributed by atoms with van der Waals surface area (Å²) in [5.74, 6) is 0.723. The minimum absolute atomic E-state index is 0.0194. The van der Waals surface area contributed by atoms with Crippen molar-refractivity contribution in [3.8, 4) is 0 Å². The highest BCUT2D eigenvalue weighted by Gasteiger charge is 2.34. The molecule has 4 fully saturated rings. The number of piperidine rings is 1. The minimum atomic E-state index is -0.0383. The van der Waals surface area contributed by atoms with Crippen molar-refractivity contribution >= 4 is 29.0 Å². The van der Waals surface area contributed by atoms with Crippen molar-refractivity contribution in [3.63, 3.8) is 0 Å². The van der Waals surface area contributed by atoms with Crippen LogP contribution in [0.2, 0.25) is 0 Å². The summed E-state index contributed by atoms with van der Waals surface area (Å²) in [4.78, 5) is 15.4. The molecule has 9 heteroatoms. The van der Waals surface area contributed by atoms with Crippen LogP contribution in [0.5, 0.6) is 0 Å². The number of nitrogens with zero attached hydrogens (tertiary/aromatic N) is 1. The highest BCUT2D eigenvalue weighted by atomic mass is 32.2. The largest absolute Gasteiger partial charge is 0.357 e. The molecule has 1 aromatic carbocycles. The Morgan fingerprint density at radius 3 is 2.79 bits per heavy atom. The highest BCUT2D eigenvalue weighted by Crippen LogP contribution is 2.27. The number of carbonyl (C=O) groups is 1. The minimum Gasteiger partial charge on any atom is -0.357 e. The summed E-state index contributed by atoms with van der Waals surface area (Å²) in [6, 6.07) is 7.30. The van der Waals surface area contributed by atoms with Gasteiger partial charge in [0.2, 0.25) is 5.91 Å². The van der Waals surface area contributed by atoms with E-state index in [2.05, 4.69) is 62.8 Å². The van der Waals surface area contributed by atoms with E-state index in [9.17, 15) is 4.79 Å². The van der Waals surface area contributed by atoms with Crippen molar-refractivity contribution in [2.24, 2.45) is 5.92 Å². The maximum absolute atomic E-state index is 12.7. The van der Waals surface area contributed by atoms with Crippen molar-refractivity contribution in [1.29, 1.82) is 0 Å². The molecule has 4 aliphatic rings. The second-order valence-corrected chi connectivity index (χ2v) is 11.9. The summed E-state index contributed by atoms with van der Waals surface area (Å²) < 4.78 is 0. The fourth-order valence-electron chi connectivity index (χ4n) is 5.85. The summed E-state index contributed by atoms with van der Waals surface area (Å²) in [5, 5.41) is 21.5. The molecule has 188 valence electrons. The van der Waals surface area contributed by atoms with Crippen LogP contribution < -0.4 is 31.9 Å². The molecule has 34 heavy (non-hydrogen) atoms. The lowest BCUT2D eigenvalue weighted by Gasteiger charge is -2.42. The number of aryl methyl sites for hydroxylation is 1. The van der Waals surface area contributed by atoms with Gasteiger partial charge in [0.25, 0.3) is 0 Å². The van der Waals surface area contributed by atoms with E-state index in [0.29, 0.717) is 23.4 Å². The Morgan fingerprint density at radius 2 is 2.00 bits per heavy atom. The van der Waals surface area contributed by atoms with E-state index in [1.807, 2.05) is 6.07 Å². The quantitative estimate of drug-likeness (QED) is 0.361. The molecule has 4 aliphatic heterocycles. The molecule has 0 radical (unpaired) electrons. The van der Waals surface area contributed by atoms with Gasteiger partial charge in [0.05, 0.1) is 10.6 Å². The first-order chi connectivity index (χ1) is 16.5.